The lowest BCUT2D eigenvalue weighted by atomic mass is 9.69. The highest BCUT2D eigenvalue weighted by molar-refractivity contribution is 5.87. The Bertz CT molecular complexity index is 1480. The minimum atomic E-state index is -0.149. The van der Waals surface area contributed by atoms with Gasteiger partial charge in [0.15, 0.2) is 0 Å². The van der Waals surface area contributed by atoms with E-state index in [2.05, 4.69) is 51.6 Å². The molecule has 35 heavy (non-hydrogen) atoms. The van der Waals surface area contributed by atoms with Crippen LogP contribution in [0, 0.1) is 11.3 Å². The van der Waals surface area contributed by atoms with Crippen LogP contribution in [0.15, 0.2) is 49.2 Å². The molecule has 1 N–H and O–H groups in total. The number of carbonyl (C=O) groups is 1. The smallest absolute Gasteiger partial charge is 0.217 e. The number of aryl methyl sites for hydroxylation is 1. The molecule has 3 fully saturated rings. The summed E-state index contributed by atoms with van der Waals surface area (Å²) in [6.45, 7) is 3.72. The van der Waals surface area contributed by atoms with Crippen LogP contribution in [-0.2, 0) is 11.8 Å². The highest BCUT2D eigenvalue weighted by Crippen LogP contribution is 2.45. The highest BCUT2D eigenvalue weighted by atomic mass is 16.1. The standard InChI is InChI=1S/C26H26N8O/c1-16(35)31-26(2)8-21-7-22(9-26)34(21)24-5-4-17(11-28-24)23-6-18(20-13-29-32(3)14-20)15-33-25(23)19(10-27)12-30-33/h4-6,11-15,21-22H,7-9H2,1-3H3,(H,31,35). The zero-order chi connectivity index (χ0) is 24.3. The molecule has 1 saturated carbocycles. The maximum Gasteiger partial charge on any atom is 0.217 e. The van der Waals surface area contributed by atoms with Crippen molar-refractivity contribution in [3.05, 3.63) is 54.7 Å². The summed E-state index contributed by atoms with van der Waals surface area (Å²) < 4.78 is 3.52. The van der Waals surface area contributed by atoms with Crippen molar-refractivity contribution < 1.29 is 4.79 Å². The molecular weight excluding hydrogens is 440 g/mol. The van der Waals surface area contributed by atoms with E-state index in [-0.39, 0.29) is 11.4 Å². The molecule has 4 aromatic rings. The summed E-state index contributed by atoms with van der Waals surface area (Å²) in [5.41, 5.74) is 4.91. The Balaban J connectivity index is 1.34. The Kier molecular flexibility index (Phi) is 4.68. The molecule has 9 nitrogen and oxygen atoms in total. The van der Waals surface area contributed by atoms with Gasteiger partial charge in [-0.2, -0.15) is 15.5 Å². The molecule has 176 valence electrons. The Labute approximate surface area is 203 Å². The molecule has 2 atom stereocenters. The van der Waals surface area contributed by atoms with E-state index in [0.29, 0.717) is 17.6 Å². The lowest BCUT2D eigenvalue weighted by molar-refractivity contribution is -0.121. The first-order valence-electron chi connectivity index (χ1n) is 11.8. The maximum absolute atomic E-state index is 11.6. The van der Waals surface area contributed by atoms with Gasteiger partial charge in [-0.15, -0.1) is 0 Å². The number of hydrogen-bond donors (Lipinski definition) is 1. The van der Waals surface area contributed by atoms with Gasteiger partial charge in [0.1, 0.15) is 11.9 Å². The van der Waals surface area contributed by atoms with Crippen LogP contribution in [0.2, 0.25) is 0 Å². The molecule has 0 aromatic carbocycles. The molecule has 2 aliphatic heterocycles. The van der Waals surface area contributed by atoms with E-state index in [1.54, 1.807) is 22.3 Å². The number of fused-ring (bicyclic) bond motifs is 3. The number of nitrogens with one attached hydrogen (secondary N) is 1. The monoisotopic (exact) mass is 466 g/mol. The van der Waals surface area contributed by atoms with Crippen LogP contribution in [0.5, 0.6) is 0 Å². The van der Waals surface area contributed by atoms with Gasteiger partial charge in [-0.1, -0.05) is 0 Å². The van der Waals surface area contributed by atoms with Crippen LogP contribution in [0.4, 0.5) is 5.82 Å². The second kappa shape index (κ2) is 7.67. The molecule has 3 aliphatic rings. The molecule has 2 unspecified atom stereocenters. The number of aromatic nitrogens is 5. The van der Waals surface area contributed by atoms with Crippen LogP contribution < -0.4 is 10.2 Å². The van der Waals surface area contributed by atoms with Gasteiger partial charge < -0.3 is 10.2 Å². The number of rotatable bonds is 4. The van der Waals surface area contributed by atoms with Crippen molar-refractivity contribution in [1.29, 1.82) is 5.26 Å². The third-order valence-corrected chi connectivity index (χ3v) is 7.27. The average molecular weight is 467 g/mol. The molecule has 1 aliphatic carbocycles. The highest BCUT2D eigenvalue weighted by Gasteiger charge is 2.51. The summed E-state index contributed by atoms with van der Waals surface area (Å²) in [5.74, 6) is 0.979. The maximum atomic E-state index is 11.6. The molecule has 0 spiro atoms. The number of hydrogen-bond acceptors (Lipinski definition) is 6. The van der Waals surface area contributed by atoms with Crippen LogP contribution in [-0.4, -0.2) is 47.9 Å². The summed E-state index contributed by atoms with van der Waals surface area (Å²) in [7, 11) is 1.89. The molecule has 2 saturated heterocycles. The predicted molar refractivity (Wildman–Crippen MR) is 131 cm³/mol. The number of pyridine rings is 2. The van der Waals surface area contributed by atoms with Crippen LogP contribution in [0.1, 0.15) is 38.7 Å². The lowest BCUT2D eigenvalue weighted by Gasteiger charge is -2.59. The van der Waals surface area contributed by atoms with Gasteiger partial charge in [-0.25, -0.2) is 9.50 Å². The summed E-state index contributed by atoms with van der Waals surface area (Å²) in [6.07, 6.45) is 12.1. The van der Waals surface area contributed by atoms with Crippen molar-refractivity contribution in [3.8, 4) is 28.3 Å². The first kappa shape index (κ1) is 21.4. The van der Waals surface area contributed by atoms with Gasteiger partial charge in [-0.3, -0.25) is 9.48 Å². The molecular formula is C26H26N8O. The molecule has 6 heterocycles. The SMILES string of the molecule is CC(=O)NC1(C)CC2CC(C1)N2c1ccc(-c2cc(-c3cnn(C)c3)cn3ncc(C#N)c23)cn1. The van der Waals surface area contributed by atoms with Crippen molar-refractivity contribution in [3.63, 3.8) is 0 Å². The predicted octanol–water partition coefficient (Wildman–Crippen LogP) is 3.30. The fourth-order valence-corrected chi connectivity index (χ4v) is 5.94. The van der Waals surface area contributed by atoms with Gasteiger partial charge in [-0.05, 0) is 44.4 Å². The minimum absolute atomic E-state index is 0.0271. The van der Waals surface area contributed by atoms with Gasteiger partial charge in [0.05, 0.1) is 23.5 Å². The van der Waals surface area contributed by atoms with E-state index in [1.807, 2.05) is 31.8 Å². The van der Waals surface area contributed by atoms with E-state index in [1.165, 1.54) is 0 Å². The van der Waals surface area contributed by atoms with Crippen molar-refractivity contribution in [2.75, 3.05) is 4.90 Å². The first-order chi connectivity index (χ1) is 16.8. The Hall–Kier alpha value is -4.19. The Morgan fingerprint density at radius 3 is 2.54 bits per heavy atom. The molecule has 7 rings (SSSR count). The molecule has 2 bridgehead atoms. The summed E-state index contributed by atoms with van der Waals surface area (Å²) in [5, 5.41) is 21.5. The molecule has 4 aromatic heterocycles. The second-order valence-corrected chi connectivity index (χ2v) is 10.0. The fraction of sp³-hybridized carbons (Fsp3) is 0.346. The largest absolute Gasteiger partial charge is 0.351 e. The summed E-state index contributed by atoms with van der Waals surface area (Å²) in [4.78, 5) is 18.8. The van der Waals surface area contributed by atoms with Crippen molar-refractivity contribution in [2.24, 2.45) is 7.05 Å². The van der Waals surface area contributed by atoms with Gasteiger partial charge >= 0.3 is 0 Å². The second-order valence-electron chi connectivity index (χ2n) is 10.0. The van der Waals surface area contributed by atoms with E-state index in [9.17, 15) is 10.1 Å². The number of nitrogens with zero attached hydrogens (tertiary/aromatic N) is 7. The average Bonchev–Trinajstić information content (AvgIpc) is 3.44. The lowest BCUT2D eigenvalue weighted by Crippen LogP contribution is -2.69. The number of anilines is 1. The van der Waals surface area contributed by atoms with E-state index < -0.39 is 0 Å². The van der Waals surface area contributed by atoms with E-state index in [4.69, 9.17) is 4.98 Å². The number of piperidine rings is 1. The van der Waals surface area contributed by atoms with Crippen molar-refractivity contribution in [2.45, 2.75) is 50.7 Å². The fourth-order valence-electron chi connectivity index (χ4n) is 5.94. The van der Waals surface area contributed by atoms with Gasteiger partial charge in [0.25, 0.3) is 0 Å². The number of amides is 1. The molecule has 9 heteroatoms. The van der Waals surface area contributed by atoms with E-state index in [0.717, 1.165) is 52.9 Å². The Morgan fingerprint density at radius 2 is 1.91 bits per heavy atom. The van der Waals surface area contributed by atoms with Crippen LogP contribution in [0.3, 0.4) is 0 Å². The summed E-state index contributed by atoms with van der Waals surface area (Å²) in [6, 6.07) is 9.22. The first-order valence-corrected chi connectivity index (χ1v) is 11.8. The third-order valence-electron chi connectivity index (χ3n) is 7.27. The van der Waals surface area contributed by atoms with Gasteiger partial charge in [0, 0.05) is 72.4 Å². The Morgan fingerprint density at radius 1 is 1.11 bits per heavy atom. The topological polar surface area (TPSA) is 104 Å². The van der Waals surface area contributed by atoms with Crippen LogP contribution in [0.25, 0.3) is 27.8 Å². The molecule has 0 radical (unpaired) electrons. The summed E-state index contributed by atoms with van der Waals surface area (Å²) >= 11 is 0. The number of nitriles is 1. The quantitative estimate of drug-likeness (QED) is 0.495. The van der Waals surface area contributed by atoms with E-state index >= 15 is 0 Å². The van der Waals surface area contributed by atoms with Gasteiger partial charge in [0.2, 0.25) is 5.91 Å². The van der Waals surface area contributed by atoms with Crippen molar-refractivity contribution >= 4 is 17.2 Å². The third kappa shape index (κ3) is 3.53. The zero-order valence-corrected chi connectivity index (χ0v) is 19.9. The van der Waals surface area contributed by atoms with Crippen molar-refractivity contribution in [1.82, 2.24) is 29.7 Å². The zero-order valence-electron chi connectivity index (χ0n) is 19.9. The number of carbonyl (C=O) groups excluding carboxylic acids is 1. The minimum Gasteiger partial charge on any atom is -0.351 e. The van der Waals surface area contributed by atoms with Crippen LogP contribution >= 0.6 is 0 Å². The molecule has 1 amide bonds. The normalized spacial score (nSPS) is 23.1.